The van der Waals surface area contributed by atoms with E-state index in [1.54, 1.807) is 0 Å². The van der Waals surface area contributed by atoms with Crippen molar-refractivity contribution in [1.82, 2.24) is 5.32 Å². The van der Waals surface area contributed by atoms with Crippen molar-refractivity contribution in [3.8, 4) is 0 Å². The van der Waals surface area contributed by atoms with E-state index in [0.29, 0.717) is 0 Å². The van der Waals surface area contributed by atoms with Crippen LogP contribution >= 0.6 is 12.4 Å². The second-order valence-corrected chi connectivity index (χ2v) is 4.44. The van der Waals surface area contributed by atoms with Crippen LogP contribution in [0.5, 0.6) is 0 Å². The number of carboxylic acid groups (broad SMARTS) is 1. The number of halogens is 1. The molecular formula is C10H18ClNO2. The van der Waals surface area contributed by atoms with Gasteiger partial charge < -0.3 is 10.4 Å². The summed E-state index contributed by atoms with van der Waals surface area (Å²) >= 11 is 0. The van der Waals surface area contributed by atoms with Crippen LogP contribution in [0.25, 0.3) is 0 Å². The van der Waals surface area contributed by atoms with Crippen molar-refractivity contribution in [2.45, 2.75) is 44.1 Å². The summed E-state index contributed by atoms with van der Waals surface area (Å²) in [6.07, 6.45) is 6.46. The lowest BCUT2D eigenvalue weighted by molar-refractivity contribution is -0.141. The maximum atomic E-state index is 10.8. The predicted octanol–water partition coefficient (Wildman–Crippen LogP) is 1.81. The molecule has 1 aliphatic heterocycles. The lowest BCUT2D eigenvalue weighted by Gasteiger charge is -2.34. The summed E-state index contributed by atoms with van der Waals surface area (Å²) in [4.78, 5) is 10.8. The van der Waals surface area contributed by atoms with Crippen LogP contribution in [-0.2, 0) is 4.79 Å². The van der Waals surface area contributed by atoms with Crippen LogP contribution in [0.3, 0.4) is 0 Å². The van der Waals surface area contributed by atoms with Crippen LogP contribution in [0.2, 0.25) is 0 Å². The Labute approximate surface area is 90.7 Å². The largest absolute Gasteiger partial charge is 0.481 e. The molecule has 2 fully saturated rings. The van der Waals surface area contributed by atoms with E-state index < -0.39 is 5.97 Å². The summed E-state index contributed by atoms with van der Waals surface area (Å²) in [6.45, 7) is 1.08. The smallest absolute Gasteiger partial charge is 0.306 e. The van der Waals surface area contributed by atoms with Gasteiger partial charge in [-0.1, -0.05) is 6.42 Å². The minimum Gasteiger partial charge on any atom is -0.481 e. The second kappa shape index (κ2) is 4.49. The van der Waals surface area contributed by atoms with Crippen molar-refractivity contribution in [3.05, 3.63) is 0 Å². The van der Waals surface area contributed by atoms with Gasteiger partial charge in [0.05, 0.1) is 5.92 Å². The summed E-state index contributed by atoms with van der Waals surface area (Å²) in [7, 11) is 0. The van der Waals surface area contributed by atoms with Crippen LogP contribution in [0.15, 0.2) is 0 Å². The summed E-state index contributed by atoms with van der Waals surface area (Å²) in [5.41, 5.74) is 0.196. The first kappa shape index (κ1) is 11.8. The Kier molecular flexibility index (Phi) is 3.78. The second-order valence-electron chi connectivity index (χ2n) is 4.44. The van der Waals surface area contributed by atoms with Gasteiger partial charge in [0.2, 0.25) is 0 Å². The first-order valence-corrected chi connectivity index (χ1v) is 5.20. The zero-order valence-electron chi connectivity index (χ0n) is 8.29. The van der Waals surface area contributed by atoms with Crippen molar-refractivity contribution in [1.29, 1.82) is 0 Å². The van der Waals surface area contributed by atoms with E-state index in [4.69, 9.17) is 5.11 Å². The Morgan fingerprint density at radius 2 is 2.14 bits per heavy atom. The number of piperidine rings is 1. The van der Waals surface area contributed by atoms with Gasteiger partial charge in [-0.05, 0) is 38.6 Å². The number of nitrogens with one attached hydrogen (secondary N) is 1. The Bertz CT molecular complexity index is 214. The van der Waals surface area contributed by atoms with Crippen molar-refractivity contribution < 1.29 is 9.90 Å². The molecule has 0 bridgehead atoms. The number of rotatable bonds is 1. The molecule has 1 heterocycles. The molecule has 0 aromatic heterocycles. The molecule has 14 heavy (non-hydrogen) atoms. The Balaban J connectivity index is 0.000000980. The highest BCUT2D eigenvalue weighted by Gasteiger charge is 2.42. The Morgan fingerprint density at radius 1 is 1.36 bits per heavy atom. The van der Waals surface area contributed by atoms with E-state index in [0.717, 1.165) is 25.8 Å². The highest BCUT2D eigenvalue weighted by atomic mass is 35.5. The molecule has 0 aromatic rings. The average molecular weight is 220 g/mol. The molecule has 1 saturated carbocycles. The first-order valence-electron chi connectivity index (χ1n) is 5.20. The van der Waals surface area contributed by atoms with E-state index >= 15 is 0 Å². The molecule has 0 aromatic carbocycles. The van der Waals surface area contributed by atoms with Crippen molar-refractivity contribution in [2.24, 2.45) is 5.92 Å². The van der Waals surface area contributed by atoms with E-state index in [2.05, 4.69) is 5.32 Å². The van der Waals surface area contributed by atoms with E-state index in [1.165, 1.54) is 19.3 Å². The van der Waals surface area contributed by atoms with E-state index in [-0.39, 0.29) is 23.9 Å². The molecule has 2 aliphatic rings. The van der Waals surface area contributed by atoms with Crippen LogP contribution < -0.4 is 5.32 Å². The molecule has 2 unspecified atom stereocenters. The number of carboxylic acids is 1. The maximum Gasteiger partial charge on any atom is 0.306 e. The molecule has 2 atom stereocenters. The van der Waals surface area contributed by atoms with Crippen molar-refractivity contribution >= 4 is 18.4 Å². The van der Waals surface area contributed by atoms with Gasteiger partial charge in [-0.2, -0.15) is 0 Å². The molecular weight excluding hydrogens is 202 g/mol. The van der Waals surface area contributed by atoms with Crippen LogP contribution in [0.1, 0.15) is 38.5 Å². The van der Waals surface area contributed by atoms with Crippen LogP contribution in [-0.4, -0.2) is 23.2 Å². The summed E-state index contributed by atoms with van der Waals surface area (Å²) in [6, 6.07) is 0. The van der Waals surface area contributed by atoms with Crippen LogP contribution in [0, 0.1) is 5.92 Å². The fraction of sp³-hybridized carbons (Fsp3) is 0.900. The minimum absolute atomic E-state index is 0. The third-order valence-corrected chi connectivity index (χ3v) is 3.54. The molecule has 1 spiro atoms. The van der Waals surface area contributed by atoms with Gasteiger partial charge in [0.1, 0.15) is 0 Å². The van der Waals surface area contributed by atoms with Gasteiger partial charge in [0.15, 0.2) is 0 Å². The monoisotopic (exact) mass is 219 g/mol. The first-order chi connectivity index (χ1) is 6.22. The summed E-state index contributed by atoms with van der Waals surface area (Å²) in [5.74, 6) is -0.699. The highest BCUT2D eigenvalue weighted by Crippen LogP contribution is 2.39. The summed E-state index contributed by atoms with van der Waals surface area (Å²) in [5, 5.41) is 12.4. The van der Waals surface area contributed by atoms with Gasteiger partial charge in [-0.25, -0.2) is 0 Å². The van der Waals surface area contributed by atoms with Crippen molar-refractivity contribution in [2.75, 3.05) is 6.54 Å². The predicted molar refractivity (Wildman–Crippen MR) is 56.8 cm³/mol. The molecule has 0 amide bonds. The van der Waals surface area contributed by atoms with Gasteiger partial charge in [-0.15, -0.1) is 12.4 Å². The van der Waals surface area contributed by atoms with Gasteiger partial charge in [0.25, 0.3) is 0 Å². The normalized spacial score (nSPS) is 36.7. The minimum atomic E-state index is -0.607. The number of hydrogen-bond donors (Lipinski definition) is 2. The van der Waals surface area contributed by atoms with Crippen molar-refractivity contribution in [3.63, 3.8) is 0 Å². The molecule has 82 valence electrons. The Morgan fingerprint density at radius 3 is 2.64 bits per heavy atom. The lowest BCUT2D eigenvalue weighted by Crippen LogP contribution is -2.46. The molecule has 1 saturated heterocycles. The molecule has 1 aliphatic carbocycles. The lowest BCUT2D eigenvalue weighted by atomic mass is 9.86. The Hall–Kier alpha value is -0.280. The average Bonchev–Trinajstić information content (AvgIpc) is 2.51. The quantitative estimate of drug-likeness (QED) is 0.707. The van der Waals surface area contributed by atoms with Gasteiger partial charge in [0, 0.05) is 5.54 Å². The fourth-order valence-electron chi connectivity index (χ4n) is 2.76. The summed E-state index contributed by atoms with van der Waals surface area (Å²) < 4.78 is 0. The zero-order chi connectivity index (χ0) is 9.31. The number of hydrogen-bond acceptors (Lipinski definition) is 2. The third-order valence-electron chi connectivity index (χ3n) is 3.54. The molecule has 2 N–H and O–H groups in total. The van der Waals surface area contributed by atoms with E-state index in [9.17, 15) is 4.79 Å². The third kappa shape index (κ3) is 2.20. The number of aliphatic carboxylic acids is 1. The van der Waals surface area contributed by atoms with Gasteiger partial charge >= 0.3 is 5.97 Å². The molecule has 4 heteroatoms. The highest BCUT2D eigenvalue weighted by molar-refractivity contribution is 5.85. The van der Waals surface area contributed by atoms with E-state index in [1.807, 2.05) is 0 Å². The molecule has 3 nitrogen and oxygen atoms in total. The fourth-order valence-corrected chi connectivity index (χ4v) is 2.76. The van der Waals surface area contributed by atoms with Gasteiger partial charge in [-0.3, -0.25) is 4.79 Å². The SMILES string of the molecule is Cl.O=C(O)C1CCC2(CCCCN2)C1. The number of carbonyl (C=O) groups is 1. The molecule has 0 radical (unpaired) electrons. The standard InChI is InChI=1S/C10H17NO2.ClH/c12-9(13)8-3-5-10(7-8)4-1-2-6-11-10;/h8,11H,1-7H2,(H,12,13);1H. The topological polar surface area (TPSA) is 49.3 Å². The van der Waals surface area contributed by atoms with Crippen LogP contribution in [0.4, 0.5) is 0 Å². The maximum absolute atomic E-state index is 10.8. The molecule has 2 rings (SSSR count). The zero-order valence-corrected chi connectivity index (χ0v) is 9.11.